The van der Waals surface area contributed by atoms with Crippen LogP contribution in [0.15, 0.2) is 48.5 Å². The van der Waals surface area contributed by atoms with E-state index in [1.165, 1.54) is 23.1 Å². The molecule has 2 aliphatic heterocycles. The van der Waals surface area contributed by atoms with Crippen LogP contribution >= 0.6 is 0 Å². The molecule has 2 saturated heterocycles. The lowest BCUT2D eigenvalue weighted by Gasteiger charge is -2.50. The van der Waals surface area contributed by atoms with Crippen molar-refractivity contribution >= 4 is 17.7 Å². The maximum Gasteiger partial charge on any atom is 0.256 e. The van der Waals surface area contributed by atoms with Crippen LogP contribution < -0.4 is 5.32 Å². The quantitative estimate of drug-likeness (QED) is 0.392. The summed E-state index contributed by atoms with van der Waals surface area (Å²) in [5.74, 6) is -1.81. The van der Waals surface area contributed by atoms with Crippen LogP contribution in [-0.2, 0) is 20.7 Å². The zero-order valence-corrected chi connectivity index (χ0v) is 19.3. The summed E-state index contributed by atoms with van der Waals surface area (Å²) in [6.45, 7) is 2.80. The zero-order chi connectivity index (χ0) is 25.3. The SMILES string of the molecule is Cc1c(O)cccc1C(=O)NC(Cc1ccccc1)C(O)C(=O)N1COC2(C)C1C(=O)N2CC#N. The van der Waals surface area contributed by atoms with Crippen molar-refractivity contribution in [1.29, 1.82) is 5.26 Å². The molecule has 4 rings (SSSR count). The van der Waals surface area contributed by atoms with Crippen molar-refractivity contribution in [1.82, 2.24) is 15.1 Å². The zero-order valence-electron chi connectivity index (χ0n) is 19.3. The van der Waals surface area contributed by atoms with Crippen LogP contribution in [-0.4, -0.2) is 74.9 Å². The van der Waals surface area contributed by atoms with Crippen LogP contribution in [0.25, 0.3) is 0 Å². The van der Waals surface area contributed by atoms with Crippen LogP contribution in [0, 0.1) is 18.3 Å². The Labute approximate surface area is 202 Å². The molecule has 0 radical (unpaired) electrons. The topological polar surface area (TPSA) is 143 Å². The number of ether oxygens (including phenoxy) is 1. The molecule has 3 N–H and O–H groups in total. The van der Waals surface area contributed by atoms with Gasteiger partial charge in [-0.1, -0.05) is 36.4 Å². The van der Waals surface area contributed by atoms with E-state index < -0.39 is 41.6 Å². The number of aromatic hydroxyl groups is 1. The van der Waals surface area contributed by atoms with Gasteiger partial charge in [0.15, 0.2) is 17.9 Å². The lowest BCUT2D eigenvalue weighted by atomic mass is 9.91. The molecule has 0 bridgehead atoms. The number of phenols is 1. The van der Waals surface area contributed by atoms with E-state index in [-0.39, 0.29) is 31.0 Å². The molecule has 2 aliphatic rings. The van der Waals surface area contributed by atoms with Gasteiger partial charge in [-0.15, -0.1) is 0 Å². The van der Waals surface area contributed by atoms with Crippen molar-refractivity contribution in [2.75, 3.05) is 13.3 Å². The minimum Gasteiger partial charge on any atom is -0.508 e. The Morgan fingerprint density at radius 2 is 1.97 bits per heavy atom. The summed E-state index contributed by atoms with van der Waals surface area (Å²) in [5.41, 5.74) is 0.213. The molecule has 35 heavy (non-hydrogen) atoms. The van der Waals surface area contributed by atoms with Crippen molar-refractivity contribution in [2.24, 2.45) is 0 Å². The number of benzene rings is 2. The molecule has 10 heteroatoms. The molecule has 182 valence electrons. The summed E-state index contributed by atoms with van der Waals surface area (Å²) in [6.07, 6.45) is -1.54. The van der Waals surface area contributed by atoms with Gasteiger partial charge in [-0.05, 0) is 38.0 Å². The molecule has 0 aliphatic carbocycles. The lowest BCUT2D eigenvalue weighted by molar-refractivity contribution is -0.196. The van der Waals surface area contributed by atoms with Crippen LogP contribution in [0.4, 0.5) is 0 Å². The number of aliphatic hydroxyl groups excluding tert-OH is 1. The molecule has 3 amide bonds. The number of likely N-dealkylation sites (tertiary alicyclic amines) is 1. The van der Waals surface area contributed by atoms with Crippen LogP contribution in [0.2, 0.25) is 0 Å². The highest BCUT2D eigenvalue weighted by Gasteiger charge is 2.66. The number of β-lactam (4-membered cyclic amide) rings is 1. The molecule has 0 aromatic heterocycles. The molecular weight excluding hydrogens is 452 g/mol. The van der Waals surface area contributed by atoms with Crippen LogP contribution in [0.1, 0.15) is 28.4 Å². The van der Waals surface area contributed by atoms with Crippen molar-refractivity contribution in [3.63, 3.8) is 0 Å². The second kappa shape index (κ2) is 9.37. The van der Waals surface area contributed by atoms with Gasteiger partial charge in [-0.3, -0.25) is 24.2 Å². The number of carbonyl (C=O) groups excluding carboxylic acids is 3. The Morgan fingerprint density at radius 3 is 2.66 bits per heavy atom. The van der Waals surface area contributed by atoms with Gasteiger partial charge >= 0.3 is 0 Å². The monoisotopic (exact) mass is 478 g/mol. The fraction of sp³-hybridized carbons (Fsp3) is 0.360. The molecule has 0 spiro atoms. The molecule has 10 nitrogen and oxygen atoms in total. The number of aliphatic hydroxyl groups is 1. The number of amides is 3. The predicted molar refractivity (Wildman–Crippen MR) is 123 cm³/mol. The summed E-state index contributed by atoms with van der Waals surface area (Å²) < 4.78 is 5.67. The number of nitriles is 1. The minimum atomic E-state index is -1.68. The molecule has 2 aromatic rings. The van der Waals surface area contributed by atoms with Crippen LogP contribution in [0.5, 0.6) is 5.75 Å². The standard InChI is InChI=1S/C25H26N4O6/c1-15-17(9-6-10-19(15)30)22(32)27-18(13-16-7-4-3-5-8-16)20(31)23(33)28-14-35-25(2)21(28)24(34)29(25)12-11-26/h3-10,18,20-21,30-31H,12-14H2,1-2H3,(H,27,32). The number of nitrogens with zero attached hydrogens (tertiary/aromatic N) is 3. The summed E-state index contributed by atoms with van der Waals surface area (Å²) in [4.78, 5) is 41.3. The van der Waals surface area contributed by atoms with Gasteiger partial charge in [0.25, 0.3) is 17.7 Å². The maximum absolute atomic E-state index is 13.3. The fourth-order valence-electron chi connectivity index (χ4n) is 4.59. The van der Waals surface area contributed by atoms with Crippen molar-refractivity contribution in [2.45, 2.75) is 44.2 Å². The highest BCUT2D eigenvalue weighted by Crippen LogP contribution is 2.41. The van der Waals surface area contributed by atoms with E-state index in [1.807, 2.05) is 12.1 Å². The average molecular weight is 479 g/mol. The second-order valence-electron chi connectivity index (χ2n) is 8.79. The molecule has 2 heterocycles. The Bertz CT molecular complexity index is 1200. The van der Waals surface area contributed by atoms with E-state index in [4.69, 9.17) is 10.00 Å². The number of rotatable bonds is 7. The normalized spacial score (nSPS) is 22.6. The first-order valence-corrected chi connectivity index (χ1v) is 11.1. The van der Waals surface area contributed by atoms with E-state index in [0.717, 1.165) is 10.5 Å². The van der Waals surface area contributed by atoms with E-state index in [9.17, 15) is 24.6 Å². The maximum atomic E-state index is 13.3. The summed E-state index contributed by atoms with van der Waals surface area (Å²) in [7, 11) is 0. The minimum absolute atomic E-state index is 0.0483. The molecule has 2 aromatic carbocycles. The van der Waals surface area contributed by atoms with Gasteiger partial charge in [-0.2, -0.15) is 5.26 Å². The van der Waals surface area contributed by atoms with Crippen molar-refractivity contribution < 1.29 is 29.3 Å². The Hall–Kier alpha value is -3.94. The molecule has 4 atom stereocenters. The number of nitrogens with one attached hydrogen (secondary N) is 1. The Balaban J connectivity index is 1.57. The van der Waals surface area contributed by atoms with E-state index in [1.54, 1.807) is 38.1 Å². The predicted octanol–water partition coefficient (Wildman–Crippen LogP) is 0.669. The third-order valence-corrected chi connectivity index (χ3v) is 6.66. The average Bonchev–Trinajstić information content (AvgIpc) is 3.17. The van der Waals surface area contributed by atoms with E-state index in [0.29, 0.717) is 5.56 Å². The summed E-state index contributed by atoms with van der Waals surface area (Å²) in [5, 5.41) is 32.8. The fourth-order valence-corrected chi connectivity index (χ4v) is 4.59. The third kappa shape index (κ3) is 4.20. The van der Waals surface area contributed by atoms with Gasteiger partial charge in [0.05, 0.1) is 12.1 Å². The summed E-state index contributed by atoms with van der Waals surface area (Å²) >= 11 is 0. The number of hydrogen-bond acceptors (Lipinski definition) is 7. The summed E-state index contributed by atoms with van der Waals surface area (Å²) in [6, 6.07) is 13.5. The molecule has 4 unspecified atom stereocenters. The van der Waals surface area contributed by atoms with E-state index >= 15 is 0 Å². The largest absolute Gasteiger partial charge is 0.508 e. The second-order valence-corrected chi connectivity index (χ2v) is 8.79. The molecule has 0 saturated carbocycles. The number of hydrogen-bond donors (Lipinski definition) is 3. The Kier molecular flexibility index (Phi) is 6.47. The first kappa shape index (κ1) is 24.2. The van der Waals surface area contributed by atoms with Gasteiger partial charge in [-0.25, -0.2) is 0 Å². The Morgan fingerprint density at radius 1 is 1.26 bits per heavy atom. The third-order valence-electron chi connectivity index (χ3n) is 6.66. The van der Waals surface area contributed by atoms with Crippen molar-refractivity contribution in [3.05, 3.63) is 65.2 Å². The van der Waals surface area contributed by atoms with Gasteiger partial charge in [0.1, 0.15) is 19.0 Å². The first-order chi connectivity index (χ1) is 16.7. The number of fused-ring (bicyclic) bond motifs is 1. The first-order valence-electron chi connectivity index (χ1n) is 11.1. The van der Waals surface area contributed by atoms with Crippen LogP contribution in [0.3, 0.4) is 0 Å². The van der Waals surface area contributed by atoms with Gasteiger partial charge < -0.3 is 20.3 Å². The van der Waals surface area contributed by atoms with Gasteiger partial charge in [0, 0.05) is 11.1 Å². The van der Waals surface area contributed by atoms with Crippen molar-refractivity contribution in [3.8, 4) is 11.8 Å². The smallest absolute Gasteiger partial charge is 0.256 e. The highest BCUT2D eigenvalue weighted by atomic mass is 16.6. The molecular formula is C25H26N4O6. The number of carbonyl (C=O) groups is 3. The number of phenolic OH excluding ortho intramolecular Hbond substituents is 1. The molecule has 2 fully saturated rings. The lowest BCUT2D eigenvalue weighted by Crippen LogP contribution is -2.75. The van der Waals surface area contributed by atoms with Gasteiger partial charge in [0.2, 0.25) is 0 Å². The highest BCUT2D eigenvalue weighted by molar-refractivity contribution is 5.98. The van der Waals surface area contributed by atoms with E-state index in [2.05, 4.69) is 5.32 Å².